The topological polar surface area (TPSA) is 70.2 Å². The Bertz CT molecular complexity index is 918. The summed E-state index contributed by atoms with van der Waals surface area (Å²) in [5.41, 5.74) is 4.20. The van der Waals surface area contributed by atoms with Crippen LogP contribution >= 0.6 is 0 Å². The molecule has 2 aromatic carbocycles. The summed E-state index contributed by atoms with van der Waals surface area (Å²) < 4.78 is 0. The van der Waals surface area contributed by atoms with Crippen molar-refractivity contribution in [1.29, 1.82) is 0 Å². The second-order valence-electron chi connectivity index (χ2n) is 6.42. The molecule has 0 fully saturated rings. The van der Waals surface area contributed by atoms with Crippen molar-refractivity contribution < 1.29 is 4.79 Å². The molecule has 0 spiro atoms. The standard InChI is InChI=1S/C22H25N5O/c1-4-27(5-2)18-12-10-17(11-13-18)23-22(28)20-14-15-21(26-25-20)24-19-9-7-6-8-16(19)3/h6-15H,4-5H2,1-3H3,(H,23,28)(H,24,26). The summed E-state index contributed by atoms with van der Waals surface area (Å²) in [7, 11) is 0. The molecule has 0 atom stereocenters. The van der Waals surface area contributed by atoms with Gasteiger partial charge in [0.15, 0.2) is 11.5 Å². The van der Waals surface area contributed by atoms with Crippen molar-refractivity contribution in [1.82, 2.24) is 10.2 Å². The molecule has 0 aliphatic carbocycles. The summed E-state index contributed by atoms with van der Waals surface area (Å²) >= 11 is 0. The summed E-state index contributed by atoms with van der Waals surface area (Å²) in [5, 5.41) is 14.2. The monoisotopic (exact) mass is 375 g/mol. The first kappa shape index (κ1) is 19.4. The molecular weight excluding hydrogens is 350 g/mol. The second-order valence-corrected chi connectivity index (χ2v) is 6.42. The Balaban J connectivity index is 1.64. The minimum atomic E-state index is -0.287. The molecule has 28 heavy (non-hydrogen) atoms. The summed E-state index contributed by atoms with van der Waals surface area (Å²) in [6.07, 6.45) is 0. The Morgan fingerprint density at radius 1 is 0.929 bits per heavy atom. The van der Waals surface area contributed by atoms with Gasteiger partial charge in [-0.05, 0) is 68.8 Å². The Kier molecular flexibility index (Phi) is 6.22. The molecule has 0 radical (unpaired) electrons. The maximum atomic E-state index is 12.4. The lowest BCUT2D eigenvalue weighted by atomic mass is 10.2. The maximum absolute atomic E-state index is 12.4. The van der Waals surface area contributed by atoms with Gasteiger partial charge in [-0.25, -0.2) is 0 Å². The van der Waals surface area contributed by atoms with Crippen molar-refractivity contribution in [3.8, 4) is 0 Å². The first-order valence-corrected chi connectivity index (χ1v) is 9.43. The number of carbonyl (C=O) groups is 1. The average Bonchev–Trinajstić information content (AvgIpc) is 2.72. The molecule has 0 saturated carbocycles. The first-order valence-electron chi connectivity index (χ1n) is 9.43. The van der Waals surface area contributed by atoms with Crippen LogP contribution in [0.3, 0.4) is 0 Å². The van der Waals surface area contributed by atoms with Crippen molar-refractivity contribution >= 4 is 28.8 Å². The van der Waals surface area contributed by atoms with E-state index in [4.69, 9.17) is 0 Å². The van der Waals surface area contributed by atoms with Crippen molar-refractivity contribution in [3.63, 3.8) is 0 Å². The molecule has 1 heterocycles. The molecule has 0 bridgehead atoms. The van der Waals surface area contributed by atoms with E-state index in [2.05, 4.69) is 39.6 Å². The molecule has 0 aliphatic heterocycles. The SMILES string of the molecule is CCN(CC)c1ccc(NC(=O)c2ccc(Nc3ccccc3C)nn2)cc1. The number of hydrogen-bond acceptors (Lipinski definition) is 5. The highest BCUT2D eigenvalue weighted by atomic mass is 16.1. The van der Waals surface area contributed by atoms with Crippen LogP contribution in [0.2, 0.25) is 0 Å². The van der Waals surface area contributed by atoms with Crippen LogP contribution in [-0.4, -0.2) is 29.2 Å². The van der Waals surface area contributed by atoms with E-state index in [0.29, 0.717) is 5.82 Å². The van der Waals surface area contributed by atoms with Crippen LogP contribution in [0.15, 0.2) is 60.7 Å². The molecule has 0 unspecified atom stereocenters. The number of anilines is 4. The van der Waals surface area contributed by atoms with Crippen LogP contribution < -0.4 is 15.5 Å². The molecule has 0 saturated heterocycles. The van der Waals surface area contributed by atoms with Gasteiger partial charge in [0, 0.05) is 30.2 Å². The number of nitrogens with one attached hydrogen (secondary N) is 2. The fraction of sp³-hybridized carbons (Fsp3) is 0.227. The van der Waals surface area contributed by atoms with Gasteiger partial charge in [-0.3, -0.25) is 4.79 Å². The number of aromatic nitrogens is 2. The molecule has 3 aromatic rings. The van der Waals surface area contributed by atoms with Gasteiger partial charge in [-0.2, -0.15) is 0 Å². The highest BCUT2D eigenvalue weighted by Crippen LogP contribution is 2.19. The molecule has 0 aliphatic rings. The molecular formula is C22H25N5O. The fourth-order valence-electron chi connectivity index (χ4n) is 2.91. The quantitative estimate of drug-likeness (QED) is 0.630. The molecule has 3 rings (SSSR count). The van der Waals surface area contributed by atoms with Crippen LogP contribution in [-0.2, 0) is 0 Å². The van der Waals surface area contributed by atoms with E-state index in [1.54, 1.807) is 12.1 Å². The predicted octanol–water partition coefficient (Wildman–Crippen LogP) is 4.63. The molecule has 144 valence electrons. The highest BCUT2D eigenvalue weighted by molar-refractivity contribution is 6.02. The Hall–Kier alpha value is -3.41. The van der Waals surface area contributed by atoms with Gasteiger partial charge < -0.3 is 15.5 Å². The first-order chi connectivity index (χ1) is 13.6. The second kappa shape index (κ2) is 8.99. The van der Waals surface area contributed by atoms with E-state index in [1.165, 1.54) is 0 Å². The van der Waals surface area contributed by atoms with Crippen molar-refractivity contribution in [2.75, 3.05) is 28.6 Å². The summed E-state index contributed by atoms with van der Waals surface area (Å²) in [5.74, 6) is 0.306. The third-order valence-electron chi connectivity index (χ3n) is 4.56. The lowest BCUT2D eigenvalue weighted by Crippen LogP contribution is -2.21. The number of nitrogens with zero attached hydrogens (tertiary/aromatic N) is 3. The predicted molar refractivity (Wildman–Crippen MR) is 114 cm³/mol. The fourth-order valence-corrected chi connectivity index (χ4v) is 2.91. The summed E-state index contributed by atoms with van der Waals surface area (Å²) in [4.78, 5) is 14.7. The number of rotatable bonds is 7. The van der Waals surface area contributed by atoms with Gasteiger partial charge in [0.1, 0.15) is 0 Å². The van der Waals surface area contributed by atoms with Crippen molar-refractivity contribution in [3.05, 3.63) is 71.9 Å². The minimum absolute atomic E-state index is 0.267. The number of amides is 1. The molecule has 1 amide bonds. The van der Waals surface area contributed by atoms with Gasteiger partial charge in [-0.1, -0.05) is 18.2 Å². The van der Waals surface area contributed by atoms with Gasteiger partial charge in [0.2, 0.25) is 0 Å². The summed E-state index contributed by atoms with van der Waals surface area (Å²) in [6, 6.07) is 19.1. The van der Waals surface area contributed by atoms with Gasteiger partial charge in [0.05, 0.1) is 0 Å². The third-order valence-corrected chi connectivity index (χ3v) is 4.56. The summed E-state index contributed by atoms with van der Waals surface area (Å²) in [6.45, 7) is 8.15. The zero-order valence-electron chi connectivity index (χ0n) is 16.4. The van der Waals surface area contributed by atoms with Crippen molar-refractivity contribution in [2.45, 2.75) is 20.8 Å². The number of benzene rings is 2. The Morgan fingerprint density at radius 3 is 2.25 bits per heavy atom. The minimum Gasteiger partial charge on any atom is -0.372 e. The number of para-hydroxylation sites is 1. The lowest BCUT2D eigenvalue weighted by molar-refractivity contribution is 0.102. The normalized spacial score (nSPS) is 10.4. The average molecular weight is 375 g/mol. The van der Waals surface area contributed by atoms with E-state index < -0.39 is 0 Å². The number of hydrogen-bond donors (Lipinski definition) is 2. The van der Waals surface area contributed by atoms with E-state index >= 15 is 0 Å². The number of aryl methyl sites for hydroxylation is 1. The van der Waals surface area contributed by atoms with Crippen LogP contribution in [0.5, 0.6) is 0 Å². The zero-order valence-corrected chi connectivity index (χ0v) is 16.4. The Morgan fingerprint density at radius 2 is 1.64 bits per heavy atom. The number of carbonyl (C=O) groups excluding carboxylic acids is 1. The van der Waals surface area contributed by atoms with Gasteiger partial charge >= 0.3 is 0 Å². The molecule has 1 aromatic heterocycles. The van der Waals surface area contributed by atoms with E-state index in [0.717, 1.165) is 35.7 Å². The van der Waals surface area contributed by atoms with Crippen LogP contribution in [0.4, 0.5) is 22.9 Å². The molecule has 6 heteroatoms. The smallest absolute Gasteiger partial charge is 0.276 e. The van der Waals surface area contributed by atoms with Crippen molar-refractivity contribution in [2.24, 2.45) is 0 Å². The Labute approximate surface area is 165 Å². The van der Waals surface area contributed by atoms with E-state index in [-0.39, 0.29) is 11.6 Å². The van der Waals surface area contributed by atoms with Crippen LogP contribution in [0, 0.1) is 6.92 Å². The van der Waals surface area contributed by atoms with E-state index in [9.17, 15) is 4.79 Å². The van der Waals surface area contributed by atoms with Crippen LogP contribution in [0.25, 0.3) is 0 Å². The van der Waals surface area contributed by atoms with Crippen LogP contribution in [0.1, 0.15) is 29.9 Å². The lowest BCUT2D eigenvalue weighted by Gasteiger charge is -2.21. The largest absolute Gasteiger partial charge is 0.372 e. The highest BCUT2D eigenvalue weighted by Gasteiger charge is 2.10. The van der Waals surface area contributed by atoms with E-state index in [1.807, 2.05) is 55.5 Å². The maximum Gasteiger partial charge on any atom is 0.276 e. The van der Waals surface area contributed by atoms with Gasteiger partial charge in [-0.15, -0.1) is 10.2 Å². The van der Waals surface area contributed by atoms with Gasteiger partial charge in [0.25, 0.3) is 5.91 Å². The molecule has 6 nitrogen and oxygen atoms in total. The third kappa shape index (κ3) is 4.65. The molecule has 2 N–H and O–H groups in total. The zero-order chi connectivity index (χ0) is 19.9.